The van der Waals surface area contributed by atoms with Gasteiger partial charge in [0.05, 0.1) is 0 Å². The van der Waals surface area contributed by atoms with E-state index in [2.05, 4.69) is 396 Å². The van der Waals surface area contributed by atoms with Crippen LogP contribution in [0.2, 0.25) is 0 Å². The molecule has 442 valence electrons. The molecule has 0 spiro atoms. The molecule has 4 nitrogen and oxygen atoms in total. The molecule has 0 amide bonds. The summed E-state index contributed by atoms with van der Waals surface area (Å²) < 4.78 is 0. The molecule has 4 heteroatoms. The summed E-state index contributed by atoms with van der Waals surface area (Å²) in [6.45, 7) is 0. The molecule has 0 atom stereocenters. The molecule has 0 unspecified atom stereocenters. The Morgan fingerprint density at radius 2 is 0.277 bits per heavy atom. The molecule has 0 saturated heterocycles. The van der Waals surface area contributed by atoms with Crippen LogP contribution in [-0.2, 0) is 0 Å². The van der Waals surface area contributed by atoms with Gasteiger partial charge in [0, 0.05) is 68.2 Å². The van der Waals surface area contributed by atoms with Gasteiger partial charge in [0.25, 0.3) is 0 Å². The second kappa shape index (κ2) is 24.0. The number of rotatable bonds is 14. The van der Waals surface area contributed by atoms with Gasteiger partial charge in [0.15, 0.2) is 0 Å². The number of nitrogens with zero attached hydrogens (tertiary/aromatic N) is 4. The highest BCUT2D eigenvalue weighted by Crippen LogP contribution is 2.45. The van der Waals surface area contributed by atoms with E-state index in [1.807, 2.05) is 0 Å². The fourth-order valence-electron chi connectivity index (χ4n) is 13.9. The molecule has 0 aromatic heterocycles. The predicted molar refractivity (Wildman–Crippen MR) is 401 cm³/mol. The number of benzene rings is 17. The van der Waals surface area contributed by atoms with Gasteiger partial charge in [-0.05, 0) is 232 Å². The predicted octanol–water partition coefficient (Wildman–Crippen LogP) is 25.8. The van der Waals surface area contributed by atoms with Crippen LogP contribution in [0.25, 0.3) is 86.9 Å². The van der Waals surface area contributed by atoms with Gasteiger partial charge < -0.3 is 19.6 Å². The minimum atomic E-state index is 1.08. The summed E-state index contributed by atoms with van der Waals surface area (Å²) in [5.41, 5.74) is 17.9. The minimum absolute atomic E-state index is 1.08. The molecule has 0 N–H and O–H groups in total. The maximum Gasteiger partial charge on any atom is 0.0468 e. The summed E-state index contributed by atoms with van der Waals surface area (Å²) in [4.78, 5) is 9.46. The molecule has 0 radical (unpaired) electrons. The normalized spacial score (nSPS) is 11.4. The van der Waals surface area contributed by atoms with E-state index in [0.29, 0.717) is 0 Å². The second-order valence-electron chi connectivity index (χ2n) is 24.1. The average Bonchev–Trinajstić information content (AvgIpc) is 0.776. The fraction of sp³-hybridized carbons (Fsp3) is 0. The molecule has 0 bridgehead atoms. The first-order chi connectivity index (χ1) is 46.6. The molecule has 0 heterocycles. The second-order valence-corrected chi connectivity index (χ2v) is 24.1. The Morgan fingerprint density at radius 1 is 0.117 bits per heavy atom. The highest BCUT2D eigenvalue weighted by Gasteiger charge is 2.21. The molecule has 17 rings (SSSR count). The van der Waals surface area contributed by atoms with Crippen LogP contribution in [0.15, 0.2) is 376 Å². The molecule has 0 saturated carbocycles. The maximum absolute atomic E-state index is 2.40. The summed E-state index contributed by atoms with van der Waals surface area (Å²) in [6, 6.07) is 137. The van der Waals surface area contributed by atoms with Crippen LogP contribution in [0.1, 0.15) is 0 Å². The van der Waals surface area contributed by atoms with E-state index in [0.717, 1.165) is 68.2 Å². The maximum atomic E-state index is 2.40. The van der Waals surface area contributed by atoms with Crippen LogP contribution in [0.3, 0.4) is 0 Å². The third-order valence-electron chi connectivity index (χ3n) is 18.5. The van der Waals surface area contributed by atoms with E-state index in [-0.39, 0.29) is 0 Å². The van der Waals surface area contributed by atoms with Gasteiger partial charge in [-0.1, -0.05) is 231 Å². The number of fused-ring (bicyclic) bond motifs is 9. The Labute approximate surface area is 547 Å². The van der Waals surface area contributed by atoms with Crippen molar-refractivity contribution in [3.63, 3.8) is 0 Å². The van der Waals surface area contributed by atoms with Crippen molar-refractivity contribution in [3.05, 3.63) is 376 Å². The van der Waals surface area contributed by atoms with Crippen molar-refractivity contribution in [1.82, 2.24) is 0 Å². The van der Waals surface area contributed by atoms with Gasteiger partial charge in [-0.15, -0.1) is 0 Å². The Balaban J connectivity index is 0.735. The van der Waals surface area contributed by atoms with Gasteiger partial charge >= 0.3 is 0 Å². The van der Waals surface area contributed by atoms with Gasteiger partial charge in [-0.2, -0.15) is 0 Å². The van der Waals surface area contributed by atoms with Crippen molar-refractivity contribution in [2.24, 2.45) is 0 Å². The van der Waals surface area contributed by atoms with Crippen molar-refractivity contribution < 1.29 is 0 Å². The van der Waals surface area contributed by atoms with Gasteiger partial charge in [0.2, 0.25) is 0 Å². The molecular weight excluding hydrogens is 1140 g/mol. The quantitative estimate of drug-likeness (QED) is 0.101. The smallest absolute Gasteiger partial charge is 0.0468 e. The van der Waals surface area contributed by atoms with E-state index in [1.165, 1.54) is 86.9 Å². The zero-order valence-electron chi connectivity index (χ0n) is 51.6. The highest BCUT2D eigenvalue weighted by atomic mass is 15.2. The summed E-state index contributed by atoms with van der Waals surface area (Å²) >= 11 is 0. The highest BCUT2D eigenvalue weighted by molar-refractivity contribution is 6.13. The third kappa shape index (κ3) is 10.5. The summed E-state index contributed by atoms with van der Waals surface area (Å²) in [6.07, 6.45) is 0. The zero-order chi connectivity index (χ0) is 62.3. The van der Waals surface area contributed by atoms with Crippen molar-refractivity contribution >= 4 is 133 Å². The summed E-state index contributed by atoms with van der Waals surface area (Å²) in [5.74, 6) is 0. The van der Waals surface area contributed by atoms with Gasteiger partial charge in [-0.3, -0.25) is 0 Å². The lowest BCUT2D eigenvalue weighted by molar-refractivity contribution is 1.29. The van der Waals surface area contributed by atoms with E-state index < -0.39 is 0 Å². The van der Waals surface area contributed by atoms with Crippen molar-refractivity contribution in [2.75, 3.05) is 19.6 Å². The largest absolute Gasteiger partial charge is 0.310 e. The molecule has 94 heavy (non-hydrogen) atoms. The van der Waals surface area contributed by atoms with E-state index in [4.69, 9.17) is 0 Å². The number of para-hydroxylation sites is 4. The van der Waals surface area contributed by atoms with Gasteiger partial charge in [0.1, 0.15) is 0 Å². The molecular formula is C90H62N4. The minimum Gasteiger partial charge on any atom is -0.310 e. The fourth-order valence-corrected chi connectivity index (χ4v) is 13.9. The summed E-state index contributed by atoms with van der Waals surface area (Å²) in [5, 5.41) is 14.3. The van der Waals surface area contributed by atoms with Crippen LogP contribution >= 0.6 is 0 Å². The van der Waals surface area contributed by atoms with Crippen LogP contribution in [0, 0.1) is 0 Å². The van der Waals surface area contributed by atoms with Crippen molar-refractivity contribution in [2.45, 2.75) is 0 Å². The molecule has 0 aliphatic rings. The van der Waals surface area contributed by atoms with Crippen LogP contribution < -0.4 is 19.6 Å². The zero-order valence-corrected chi connectivity index (χ0v) is 51.6. The Kier molecular flexibility index (Phi) is 14.2. The first-order valence-electron chi connectivity index (χ1n) is 32.2. The summed E-state index contributed by atoms with van der Waals surface area (Å²) in [7, 11) is 0. The van der Waals surface area contributed by atoms with E-state index in [9.17, 15) is 0 Å². The lowest BCUT2D eigenvalue weighted by atomic mass is 9.98. The first kappa shape index (κ1) is 55.6. The number of hydrogen-bond donors (Lipinski definition) is 0. The van der Waals surface area contributed by atoms with Gasteiger partial charge in [-0.25, -0.2) is 0 Å². The molecule has 17 aromatic rings. The van der Waals surface area contributed by atoms with E-state index in [1.54, 1.807) is 0 Å². The SMILES string of the molecule is c1ccc(-c2ccc(N(c3ccc4c(ccc5cc(N(c6ccccc6)c6ccccc6)ccc54)c3)c3ccc4c(ccc5cc(N(c6ccc(-c7ccccc7)cc6)c6ccc7c(ccc8cc(N(c9ccccc9)c9ccccc9)ccc87)c6)ccc54)c3)cc2)cc1. The third-order valence-corrected chi connectivity index (χ3v) is 18.5. The Bertz CT molecular complexity index is 5160. The molecule has 0 fully saturated rings. The Morgan fingerprint density at radius 3 is 0.489 bits per heavy atom. The standard InChI is InChI=1S/C90H62N4/c1-7-19-63(20-8-1)65-37-41-77(42-38-65)93(81-47-53-87-69(59-81)33-31-67-57-79(45-51-85(67)87)91(73-23-11-3-12-24-73)74-25-13-4-14-26-74)83-49-55-89-71(61-83)35-36-72-62-84(50-56-90(72)89)94(78-43-39-66(40-44-78)64-21-9-2-10-22-64)82-48-54-88-70(60-82)34-32-68-58-80(46-52-86(68)88)92(75-27-15-5-16-28-75)76-29-17-6-18-30-76/h1-62H. The van der Waals surface area contributed by atoms with Crippen LogP contribution in [-0.4, -0.2) is 0 Å². The average molecular weight is 1200 g/mol. The molecule has 0 aliphatic carbocycles. The monoisotopic (exact) mass is 1200 g/mol. The molecule has 17 aromatic carbocycles. The lowest BCUT2D eigenvalue weighted by Gasteiger charge is -2.27. The van der Waals surface area contributed by atoms with Crippen molar-refractivity contribution in [3.8, 4) is 22.3 Å². The number of anilines is 12. The Hall–Kier alpha value is -12.5. The first-order valence-corrected chi connectivity index (χ1v) is 32.2. The van der Waals surface area contributed by atoms with Crippen LogP contribution in [0.5, 0.6) is 0 Å². The van der Waals surface area contributed by atoms with E-state index >= 15 is 0 Å². The molecule has 0 aliphatic heterocycles. The van der Waals surface area contributed by atoms with Crippen LogP contribution in [0.4, 0.5) is 68.2 Å². The lowest BCUT2D eigenvalue weighted by Crippen LogP contribution is -2.10. The topological polar surface area (TPSA) is 13.0 Å². The number of hydrogen-bond acceptors (Lipinski definition) is 4. The van der Waals surface area contributed by atoms with Crippen molar-refractivity contribution in [1.29, 1.82) is 0 Å².